The van der Waals surface area contributed by atoms with Gasteiger partial charge in [0.1, 0.15) is 42.7 Å². The average Bonchev–Trinajstić information content (AvgIpc) is 3.41. The molecule has 5 aliphatic carbocycles. The van der Waals surface area contributed by atoms with E-state index in [0.717, 1.165) is 38.5 Å². The molecule has 55 heavy (non-hydrogen) atoms. The summed E-state index contributed by atoms with van der Waals surface area (Å²) in [6.07, 6.45) is -3.39. The van der Waals surface area contributed by atoms with Crippen molar-refractivity contribution >= 4 is 0 Å². The summed E-state index contributed by atoms with van der Waals surface area (Å²) in [5.74, 6) is 0.449. The van der Waals surface area contributed by atoms with Crippen molar-refractivity contribution in [3.05, 3.63) is 12.2 Å². The first-order chi connectivity index (χ1) is 25.7. The molecule has 21 atom stereocenters. The Kier molecular flexibility index (Phi) is 9.95. The number of hydrogen-bond donors (Lipinski definition) is 8. The van der Waals surface area contributed by atoms with Gasteiger partial charge in [0.25, 0.3) is 0 Å². The minimum atomic E-state index is -1.72. The molecule has 0 aromatic heterocycles. The van der Waals surface area contributed by atoms with Crippen LogP contribution in [0.4, 0.5) is 0 Å². The summed E-state index contributed by atoms with van der Waals surface area (Å²) < 4.78 is 31.2. The lowest BCUT2D eigenvalue weighted by atomic mass is 9.32. The highest BCUT2D eigenvalue weighted by Gasteiger charge is 2.79. The van der Waals surface area contributed by atoms with Gasteiger partial charge in [-0.1, -0.05) is 53.7 Å². The van der Waals surface area contributed by atoms with Crippen LogP contribution in [0.3, 0.4) is 0 Å². The van der Waals surface area contributed by atoms with Gasteiger partial charge in [0.2, 0.25) is 0 Å². The van der Waals surface area contributed by atoms with Crippen LogP contribution in [0.5, 0.6) is 0 Å². The summed E-state index contributed by atoms with van der Waals surface area (Å²) in [5, 5.41) is 87.0. The SMILES string of the molecule is C[C@@H]1O[C@H](O[C@@H]2CC[C@@]3(C)[C@@H](CC[C@]4(C)[C@@H]3C=C[C@@]35OC[C@]6(CCC(C)(C)C[C@H]63)[C@@H](O)C[C@]45C)[C@]2(C)CO)[C@@H](O)[C@H](O[C@H]2O[C@@H](CO)[C@H](O)[C@@H](O)[C@@H]2O)[C@H]1O. The van der Waals surface area contributed by atoms with Crippen LogP contribution in [-0.2, 0) is 23.7 Å². The summed E-state index contributed by atoms with van der Waals surface area (Å²) >= 11 is 0. The van der Waals surface area contributed by atoms with Gasteiger partial charge in [0, 0.05) is 22.2 Å². The molecule has 8 rings (SSSR count). The summed E-state index contributed by atoms with van der Waals surface area (Å²) in [6, 6.07) is 0. The standard InChI is InChI=1S/C42H68O13/c1-21-28(46)33(55-34-31(49)30(48)29(47)22(18-43)53-34)32(50)35(52-21)54-27-10-11-37(4)23(38(27,5)19-44)8-12-39(6)24(37)9-13-42-25-16-36(2,3)14-15-41(25,20-51-42)26(45)17-40(39,42)7/h9,13,21-35,43-50H,8,10-12,14-20H2,1-7H3/t21-,22-,23+,24+,25+,26-,27+,28-,29-,30+,31-,32-,33+,34+,35+,37-,38-,39+,40+,41-,42+/m0/s1. The number of allylic oxidation sites excluding steroid dienone is 1. The Labute approximate surface area is 325 Å². The van der Waals surface area contributed by atoms with E-state index >= 15 is 0 Å². The van der Waals surface area contributed by atoms with Crippen molar-refractivity contribution in [2.75, 3.05) is 19.8 Å². The number of hydrogen-bond acceptors (Lipinski definition) is 13. The molecule has 8 aliphatic rings. The molecule has 2 bridgehead atoms. The molecule has 8 N–H and O–H groups in total. The molecule has 3 aliphatic heterocycles. The van der Waals surface area contributed by atoms with Gasteiger partial charge in [-0.15, -0.1) is 0 Å². The lowest BCUT2D eigenvalue weighted by Gasteiger charge is -2.73. The predicted molar refractivity (Wildman–Crippen MR) is 197 cm³/mol. The van der Waals surface area contributed by atoms with Crippen molar-refractivity contribution in [2.24, 2.45) is 50.2 Å². The minimum Gasteiger partial charge on any atom is -0.396 e. The van der Waals surface area contributed by atoms with E-state index in [1.807, 2.05) is 0 Å². The summed E-state index contributed by atoms with van der Waals surface area (Å²) in [5.41, 5.74) is -1.90. The Morgan fingerprint density at radius 1 is 0.727 bits per heavy atom. The lowest BCUT2D eigenvalue weighted by molar-refractivity contribution is -0.367. The van der Waals surface area contributed by atoms with Gasteiger partial charge in [-0.3, -0.25) is 0 Å². The maximum absolute atomic E-state index is 12.1. The predicted octanol–water partition coefficient (Wildman–Crippen LogP) is 1.78. The maximum Gasteiger partial charge on any atom is 0.187 e. The van der Waals surface area contributed by atoms with Crippen molar-refractivity contribution in [2.45, 2.75) is 179 Å². The fourth-order valence-corrected chi connectivity index (χ4v) is 14.3. The molecule has 314 valence electrons. The van der Waals surface area contributed by atoms with Gasteiger partial charge in [-0.2, -0.15) is 0 Å². The second-order valence-corrected chi connectivity index (χ2v) is 21.0. The smallest absolute Gasteiger partial charge is 0.187 e. The van der Waals surface area contributed by atoms with E-state index in [2.05, 4.69) is 53.7 Å². The van der Waals surface area contributed by atoms with Crippen LogP contribution in [0.2, 0.25) is 0 Å². The van der Waals surface area contributed by atoms with E-state index in [-0.39, 0.29) is 51.4 Å². The fourth-order valence-electron chi connectivity index (χ4n) is 14.3. The van der Waals surface area contributed by atoms with Gasteiger partial charge in [0.05, 0.1) is 43.7 Å². The highest BCUT2D eigenvalue weighted by atomic mass is 16.7. The number of rotatable bonds is 6. The van der Waals surface area contributed by atoms with Crippen LogP contribution in [0.15, 0.2) is 12.2 Å². The van der Waals surface area contributed by atoms with Gasteiger partial charge in [0.15, 0.2) is 12.6 Å². The third-order valence-corrected chi connectivity index (χ3v) is 17.9. The third kappa shape index (κ3) is 5.44. The van der Waals surface area contributed by atoms with Crippen LogP contribution in [0.25, 0.3) is 0 Å². The molecule has 4 saturated carbocycles. The quantitative estimate of drug-likeness (QED) is 0.143. The molecule has 7 fully saturated rings. The fraction of sp³-hybridized carbons (Fsp3) is 0.952. The van der Waals surface area contributed by atoms with E-state index in [1.165, 1.54) is 0 Å². The zero-order chi connectivity index (χ0) is 39.9. The molecule has 0 radical (unpaired) electrons. The number of ether oxygens (including phenoxy) is 5. The first kappa shape index (κ1) is 41.0. The van der Waals surface area contributed by atoms with Crippen molar-refractivity contribution in [1.29, 1.82) is 0 Å². The highest BCUT2D eigenvalue weighted by molar-refractivity contribution is 5.36. The Hall–Kier alpha value is -0.780. The Bertz CT molecular complexity index is 1490. The van der Waals surface area contributed by atoms with E-state index in [4.69, 9.17) is 23.7 Å². The summed E-state index contributed by atoms with van der Waals surface area (Å²) in [6.45, 7) is 15.4. The molecule has 13 heteroatoms. The van der Waals surface area contributed by atoms with E-state index < -0.39 is 91.2 Å². The topological polar surface area (TPSA) is 208 Å². The Balaban J connectivity index is 1.05. The molecule has 1 spiro atoms. The zero-order valence-electron chi connectivity index (χ0n) is 33.7. The summed E-state index contributed by atoms with van der Waals surface area (Å²) in [4.78, 5) is 0. The van der Waals surface area contributed by atoms with E-state index in [0.29, 0.717) is 19.4 Å². The number of aliphatic hydroxyl groups excluding tert-OH is 8. The normalized spacial score (nSPS) is 59.7. The first-order valence-electron chi connectivity index (χ1n) is 20.9. The maximum atomic E-state index is 12.1. The molecule has 0 aromatic rings. The second kappa shape index (κ2) is 13.4. The lowest BCUT2D eigenvalue weighted by Crippen LogP contribution is -2.72. The first-order valence-corrected chi connectivity index (χ1v) is 20.9. The van der Waals surface area contributed by atoms with Crippen LogP contribution >= 0.6 is 0 Å². The van der Waals surface area contributed by atoms with E-state index in [1.54, 1.807) is 6.92 Å². The molecule has 3 heterocycles. The van der Waals surface area contributed by atoms with Crippen molar-refractivity contribution in [3.8, 4) is 0 Å². The molecule has 0 unspecified atom stereocenters. The largest absolute Gasteiger partial charge is 0.396 e. The molecular weight excluding hydrogens is 712 g/mol. The molecule has 13 nitrogen and oxygen atoms in total. The monoisotopic (exact) mass is 780 g/mol. The van der Waals surface area contributed by atoms with Crippen LogP contribution in [0, 0.1) is 50.2 Å². The average molecular weight is 781 g/mol. The van der Waals surface area contributed by atoms with Gasteiger partial charge >= 0.3 is 0 Å². The van der Waals surface area contributed by atoms with Crippen molar-refractivity contribution < 1.29 is 64.5 Å². The van der Waals surface area contributed by atoms with Gasteiger partial charge in [-0.25, -0.2) is 0 Å². The van der Waals surface area contributed by atoms with Crippen LogP contribution in [-0.4, -0.2) is 140 Å². The number of fused-ring (bicyclic) bond motifs is 4. The van der Waals surface area contributed by atoms with Crippen molar-refractivity contribution in [1.82, 2.24) is 0 Å². The molecule has 0 amide bonds. The minimum absolute atomic E-state index is 0.0414. The number of aliphatic hydroxyl groups is 8. The summed E-state index contributed by atoms with van der Waals surface area (Å²) in [7, 11) is 0. The van der Waals surface area contributed by atoms with Gasteiger partial charge in [-0.05, 0) is 86.4 Å². The molecule has 0 aromatic carbocycles. The third-order valence-electron chi connectivity index (χ3n) is 17.9. The van der Waals surface area contributed by atoms with E-state index in [9.17, 15) is 40.9 Å². The molecular formula is C42H68O13. The van der Waals surface area contributed by atoms with Crippen LogP contribution < -0.4 is 0 Å². The highest BCUT2D eigenvalue weighted by Crippen LogP contribution is 2.79. The zero-order valence-corrected chi connectivity index (χ0v) is 33.7. The Morgan fingerprint density at radius 2 is 1.44 bits per heavy atom. The Morgan fingerprint density at radius 3 is 2.13 bits per heavy atom. The van der Waals surface area contributed by atoms with Gasteiger partial charge < -0.3 is 64.5 Å². The second-order valence-electron chi connectivity index (χ2n) is 21.0. The van der Waals surface area contributed by atoms with Crippen LogP contribution in [0.1, 0.15) is 99.8 Å². The molecule has 3 saturated heterocycles. The van der Waals surface area contributed by atoms with Crippen molar-refractivity contribution in [3.63, 3.8) is 0 Å².